The second kappa shape index (κ2) is 5.44. The summed E-state index contributed by atoms with van der Waals surface area (Å²) in [5.41, 5.74) is 1.26. The summed E-state index contributed by atoms with van der Waals surface area (Å²) in [4.78, 5) is 10.4. The van der Waals surface area contributed by atoms with E-state index in [-0.39, 0.29) is 5.56 Å². The zero-order valence-electron chi connectivity index (χ0n) is 9.81. The van der Waals surface area contributed by atoms with Gasteiger partial charge in [0, 0.05) is 11.6 Å². The van der Waals surface area contributed by atoms with E-state index in [0.29, 0.717) is 11.1 Å². The Labute approximate surface area is 108 Å². The molecule has 0 atom stereocenters. The van der Waals surface area contributed by atoms with Crippen molar-refractivity contribution < 1.29 is 18.7 Å². The number of halogens is 2. The first-order chi connectivity index (χ1) is 9.06. The Kier molecular flexibility index (Phi) is 3.71. The monoisotopic (exact) mass is 260 g/mol. The summed E-state index contributed by atoms with van der Waals surface area (Å²) in [5.74, 6) is -2.10. The van der Waals surface area contributed by atoms with Crippen LogP contribution in [-0.2, 0) is 4.79 Å². The van der Waals surface area contributed by atoms with Crippen molar-refractivity contribution in [2.24, 2.45) is 0 Å². The van der Waals surface area contributed by atoms with Crippen LogP contribution in [0, 0.1) is 11.6 Å². The first-order valence-electron chi connectivity index (χ1n) is 5.53. The molecule has 2 aromatic rings. The van der Waals surface area contributed by atoms with Crippen molar-refractivity contribution in [3.63, 3.8) is 0 Å². The van der Waals surface area contributed by atoms with E-state index in [1.165, 1.54) is 30.3 Å². The Morgan fingerprint density at radius 2 is 1.79 bits per heavy atom. The maximum Gasteiger partial charge on any atom is 0.328 e. The topological polar surface area (TPSA) is 37.3 Å². The highest BCUT2D eigenvalue weighted by atomic mass is 19.1. The van der Waals surface area contributed by atoms with Crippen molar-refractivity contribution >= 4 is 12.0 Å². The maximum atomic E-state index is 13.7. The Morgan fingerprint density at radius 1 is 1.05 bits per heavy atom. The molecule has 2 rings (SSSR count). The zero-order valence-corrected chi connectivity index (χ0v) is 9.81. The van der Waals surface area contributed by atoms with E-state index in [1.54, 1.807) is 18.2 Å². The second-order valence-corrected chi connectivity index (χ2v) is 3.92. The molecule has 1 N–H and O–H groups in total. The van der Waals surface area contributed by atoms with E-state index < -0.39 is 17.6 Å². The third-order valence-corrected chi connectivity index (χ3v) is 2.56. The fourth-order valence-corrected chi connectivity index (χ4v) is 1.67. The maximum absolute atomic E-state index is 13.7. The van der Waals surface area contributed by atoms with Crippen LogP contribution >= 0.6 is 0 Å². The normalized spacial score (nSPS) is 10.8. The van der Waals surface area contributed by atoms with Gasteiger partial charge in [-0.3, -0.25) is 0 Å². The van der Waals surface area contributed by atoms with Crippen LogP contribution in [0.1, 0.15) is 5.56 Å². The number of benzene rings is 2. The summed E-state index contributed by atoms with van der Waals surface area (Å²) in [7, 11) is 0. The van der Waals surface area contributed by atoms with Crippen molar-refractivity contribution in [2.75, 3.05) is 0 Å². The highest BCUT2D eigenvalue weighted by Crippen LogP contribution is 2.23. The van der Waals surface area contributed by atoms with E-state index in [0.717, 1.165) is 6.08 Å². The summed E-state index contributed by atoms with van der Waals surface area (Å²) < 4.78 is 26.8. The molecule has 0 radical (unpaired) electrons. The molecule has 4 heteroatoms. The fourth-order valence-electron chi connectivity index (χ4n) is 1.67. The Bertz CT molecular complexity index is 648. The van der Waals surface area contributed by atoms with Gasteiger partial charge in [-0.15, -0.1) is 0 Å². The highest BCUT2D eigenvalue weighted by Gasteiger charge is 2.04. The summed E-state index contributed by atoms with van der Waals surface area (Å²) in [5, 5.41) is 8.48. The number of rotatable bonds is 3. The van der Waals surface area contributed by atoms with Gasteiger partial charge in [-0.05, 0) is 35.4 Å². The second-order valence-electron chi connectivity index (χ2n) is 3.92. The lowest BCUT2D eigenvalue weighted by molar-refractivity contribution is -0.131. The summed E-state index contributed by atoms with van der Waals surface area (Å²) in [6.45, 7) is 0. The highest BCUT2D eigenvalue weighted by molar-refractivity contribution is 5.85. The molecule has 2 nitrogen and oxygen atoms in total. The lowest BCUT2D eigenvalue weighted by Gasteiger charge is -2.04. The van der Waals surface area contributed by atoms with E-state index >= 15 is 0 Å². The predicted octanol–water partition coefficient (Wildman–Crippen LogP) is 3.73. The summed E-state index contributed by atoms with van der Waals surface area (Å²) in [6, 6.07) is 10.1. The average Bonchev–Trinajstić information content (AvgIpc) is 2.37. The first kappa shape index (κ1) is 13.0. The van der Waals surface area contributed by atoms with Gasteiger partial charge in [0.2, 0.25) is 0 Å². The van der Waals surface area contributed by atoms with E-state index in [2.05, 4.69) is 0 Å². The fraction of sp³-hybridized carbons (Fsp3) is 0. The molecular formula is C15H10F2O2. The van der Waals surface area contributed by atoms with Gasteiger partial charge in [-0.2, -0.15) is 0 Å². The van der Waals surface area contributed by atoms with Gasteiger partial charge < -0.3 is 5.11 Å². The van der Waals surface area contributed by atoms with E-state index in [4.69, 9.17) is 5.11 Å². The third kappa shape index (κ3) is 3.25. The molecular weight excluding hydrogens is 250 g/mol. The molecule has 0 saturated carbocycles. The molecule has 0 aliphatic carbocycles. The van der Waals surface area contributed by atoms with Crippen molar-refractivity contribution in [1.82, 2.24) is 0 Å². The number of hydrogen-bond donors (Lipinski definition) is 1. The van der Waals surface area contributed by atoms with Gasteiger partial charge in [0.05, 0.1) is 0 Å². The van der Waals surface area contributed by atoms with Crippen LogP contribution in [-0.4, -0.2) is 11.1 Å². The van der Waals surface area contributed by atoms with Crippen molar-refractivity contribution in [2.45, 2.75) is 0 Å². The number of carboxylic acid groups (broad SMARTS) is 1. The van der Waals surface area contributed by atoms with Gasteiger partial charge in [-0.25, -0.2) is 13.6 Å². The van der Waals surface area contributed by atoms with Crippen LogP contribution in [0.2, 0.25) is 0 Å². The van der Waals surface area contributed by atoms with Crippen molar-refractivity contribution in [3.05, 3.63) is 65.7 Å². The van der Waals surface area contributed by atoms with Gasteiger partial charge in [0.15, 0.2) is 0 Å². The molecule has 0 aliphatic rings. The molecule has 2 aromatic carbocycles. The van der Waals surface area contributed by atoms with Crippen LogP contribution in [0.15, 0.2) is 48.5 Å². The molecule has 0 heterocycles. The van der Waals surface area contributed by atoms with E-state index in [1.807, 2.05) is 0 Å². The predicted molar refractivity (Wildman–Crippen MR) is 68.5 cm³/mol. The quantitative estimate of drug-likeness (QED) is 0.854. The molecule has 0 aliphatic heterocycles. The number of aliphatic carboxylic acids is 1. The summed E-state index contributed by atoms with van der Waals surface area (Å²) in [6.07, 6.45) is 2.04. The Balaban J connectivity index is 2.36. The minimum atomic E-state index is -1.14. The van der Waals surface area contributed by atoms with Crippen molar-refractivity contribution in [3.8, 4) is 11.1 Å². The lowest BCUT2D eigenvalue weighted by Crippen LogP contribution is -1.89. The van der Waals surface area contributed by atoms with Gasteiger partial charge >= 0.3 is 5.97 Å². The van der Waals surface area contributed by atoms with E-state index in [9.17, 15) is 13.6 Å². The summed E-state index contributed by atoms with van der Waals surface area (Å²) >= 11 is 0. The minimum Gasteiger partial charge on any atom is -0.478 e. The molecule has 0 fully saturated rings. The van der Waals surface area contributed by atoms with Gasteiger partial charge in [0.1, 0.15) is 11.6 Å². The smallest absolute Gasteiger partial charge is 0.328 e. The van der Waals surface area contributed by atoms with Crippen LogP contribution in [0.3, 0.4) is 0 Å². The molecule has 0 aromatic heterocycles. The van der Waals surface area contributed by atoms with Gasteiger partial charge in [-0.1, -0.05) is 24.3 Å². The Hall–Kier alpha value is -2.49. The van der Waals surface area contributed by atoms with Crippen LogP contribution in [0.5, 0.6) is 0 Å². The van der Waals surface area contributed by atoms with Crippen LogP contribution < -0.4 is 0 Å². The molecule has 0 amide bonds. The number of hydrogen-bond acceptors (Lipinski definition) is 1. The van der Waals surface area contributed by atoms with Crippen LogP contribution in [0.25, 0.3) is 17.2 Å². The molecule has 0 saturated heterocycles. The number of carboxylic acids is 1. The largest absolute Gasteiger partial charge is 0.478 e. The molecule has 0 spiro atoms. The van der Waals surface area contributed by atoms with Crippen LogP contribution in [0.4, 0.5) is 8.78 Å². The molecule has 0 unspecified atom stereocenters. The standard InChI is InChI=1S/C15H10F2O2/c16-13-3-1-2-11(8-13)12-5-4-10(14(17)9-12)6-7-15(18)19/h1-9H,(H,18,19). The molecule has 0 bridgehead atoms. The lowest BCUT2D eigenvalue weighted by atomic mass is 10.0. The molecule has 96 valence electrons. The Morgan fingerprint density at radius 3 is 2.42 bits per heavy atom. The third-order valence-electron chi connectivity index (χ3n) is 2.56. The molecule has 19 heavy (non-hydrogen) atoms. The minimum absolute atomic E-state index is 0.169. The SMILES string of the molecule is O=C(O)C=Cc1ccc(-c2cccc(F)c2)cc1F. The average molecular weight is 260 g/mol. The zero-order chi connectivity index (χ0) is 13.8. The number of carbonyl (C=O) groups is 1. The van der Waals surface area contributed by atoms with Gasteiger partial charge in [0.25, 0.3) is 0 Å². The van der Waals surface area contributed by atoms with Crippen molar-refractivity contribution in [1.29, 1.82) is 0 Å². The first-order valence-corrected chi connectivity index (χ1v) is 5.53.